The first-order chi connectivity index (χ1) is 9.18. The zero-order valence-electron chi connectivity index (χ0n) is 12.4. The quantitative estimate of drug-likeness (QED) is 0.854. The van der Waals surface area contributed by atoms with Gasteiger partial charge in [-0.3, -0.25) is 4.98 Å². The lowest BCUT2D eigenvalue weighted by Gasteiger charge is -2.25. The summed E-state index contributed by atoms with van der Waals surface area (Å²) in [7, 11) is 0. The molecule has 0 bridgehead atoms. The van der Waals surface area contributed by atoms with E-state index in [0.29, 0.717) is 6.04 Å². The van der Waals surface area contributed by atoms with Crippen molar-refractivity contribution in [3.05, 3.63) is 24.0 Å². The number of pyridine rings is 1. The molecule has 1 aromatic rings. The molecule has 0 amide bonds. The summed E-state index contributed by atoms with van der Waals surface area (Å²) < 4.78 is 5.70. The van der Waals surface area contributed by atoms with E-state index in [-0.39, 0.29) is 5.41 Å². The number of rotatable bonds is 6. The fourth-order valence-corrected chi connectivity index (χ4v) is 3.01. The van der Waals surface area contributed by atoms with Gasteiger partial charge in [0.2, 0.25) is 0 Å². The molecular weight excluding hydrogens is 236 g/mol. The molecule has 2 atom stereocenters. The van der Waals surface area contributed by atoms with Crippen LogP contribution in [0.3, 0.4) is 0 Å². The van der Waals surface area contributed by atoms with Crippen molar-refractivity contribution >= 4 is 0 Å². The number of hydrogen-bond acceptors (Lipinski definition) is 3. The smallest absolute Gasteiger partial charge is 0.137 e. The lowest BCUT2D eigenvalue weighted by atomic mass is 9.81. The Hall–Kier alpha value is -1.09. The third kappa shape index (κ3) is 3.47. The van der Waals surface area contributed by atoms with Gasteiger partial charge in [0.25, 0.3) is 0 Å². The molecule has 3 nitrogen and oxygen atoms in total. The molecule has 1 aliphatic carbocycles. The van der Waals surface area contributed by atoms with Gasteiger partial charge >= 0.3 is 0 Å². The van der Waals surface area contributed by atoms with Gasteiger partial charge < -0.3 is 10.1 Å². The highest BCUT2D eigenvalue weighted by molar-refractivity contribution is 5.31. The number of nitrogens with zero attached hydrogens (tertiary/aromatic N) is 1. The van der Waals surface area contributed by atoms with Gasteiger partial charge in [-0.1, -0.05) is 20.8 Å². The van der Waals surface area contributed by atoms with Crippen molar-refractivity contribution < 1.29 is 4.74 Å². The summed E-state index contributed by atoms with van der Waals surface area (Å²) in [6.07, 6.45) is 8.53. The van der Waals surface area contributed by atoms with Gasteiger partial charge in [0.1, 0.15) is 5.75 Å². The molecular formula is C16H26N2O. The normalized spacial score (nSPS) is 26.6. The molecule has 2 unspecified atom stereocenters. The maximum Gasteiger partial charge on any atom is 0.137 e. The third-order valence-corrected chi connectivity index (χ3v) is 4.12. The van der Waals surface area contributed by atoms with Crippen LogP contribution >= 0.6 is 0 Å². The van der Waals surface area contributed by atoms with Gasteiger partial charge in [-0.25, -0.2) is 0 Å². The van der Waals surface area contributed by atoms with E-state index in [2.05, 4.69) is 37.1 Å². The highest BCUT2D eigenvalue weighted by atomic mass is 16.5. The van der Waals surface area contributed by atoms with Crippen LogP contribution in [0, 0.1) is 0 Å². The van der Waals surface area contributed by atoms with Crippen LogP contribution < -0.4 is 10.1 Å². The molecule has 3 heteroatoms. The summed E-state index contributed by atoms with van der Waals surface area (Å²) in [4.78, 5) is 4.35. The maximum absolute atomic E-state index is 5.70. The lowest BCUT2D eigenvalue weighted by Crippen LogP contribution is -2.28. The van der Waals surface area contributed by atoms with Crippen LogP contribution in [0.4, 0.5) is 0 Å². The van der Waals surface area contributed by atoms with Crippen LogP contribution in [0.2, 0.25) is 0 Å². The molecule has 2 rings (SSSR count). The fourth-order valence-electron chi connectivity index (χ4n) is 3.01. The molecule has 1 heterocycles. The van der Waals surface area contributed by atoms with Crippen LogP contribution in [0.15, 0.2) is 18.5 Å². The van der Waals surface area contributed by atoms with E-state index in [4.69, 9.17) is 4.74 Å². The summed E-state index contributed by atoms with van der Waals surface area (Å²) in [5, 5.41) is 3.57. The van der Waals surface area contributed by atoms with Crippen LogP contribution in [0.25, 0.3) is 0 Å². The minimum Gasteiger partial charge on any atom is -0.492 e. The van der Waals surface area contributed by atoms with Crippen molar-refractivity contribution in [2.24, 2.45) is 0 Å². The van der Waals surface area contributed by atoms with Crippen molar-refractivity contribution in [2.45, 2.75) is 57.9 Å². The Balaban J connectivity index is 2.08. The zero-order valence-corrected chi connectivity index (χ0v) is 12.4. The second kappa shape index (κ2) is 6.38. The average Bonchev–Trinajstić information content (AvgIpc) is 2.80. The van der Waals surface area contributed by atoms with E-state index >= 15 is 0 Å². The molecule has 0 saturated heterocycles. The average molecular weight is 262 g/mol. The first-order valence-corrected chi connectivity index (χ1v) is 7.49. The van der Waals surface area contributed by atoms with Gasteiger partial charge in [-0.15, -0.1) is 0 Å². The van der Waals surface area contributed by atoms with Gasteiger partial charge in [0.05, 0.1) is 12.8 Å². The predicted octanol–water partition coefficient (Wildman–Crippen LogP) is 3.29. The lowest BCUT2D eigenvalue weighted by molar-refractivity contribution is 0.314. The SMILES string of the molecule is CCCOc1cncc(C2(C)CCC(NCC)C2)c1. The fraction of sp³-hybridized carbons (Fsp3) is 0.688. The van der Waals surface area contributed by atoms with E-state index in [1.54, 1.807) is 0 Å². The van der Waals surface area contributed by atoms with Gasteiger partial charge in [0, 0.05) is 12.2 Å². The standard InChI is InChI=1S/C16H26N2O/c1-4-8-19-15-9-13(11-17-12-15)16(3)7-6-14(10-16)18-5-2/h9,11-12,14,18H,4-8,10H2,1-3H3. The van der Waals surface area contributed by atoms with Crippen molar-refractivity contribution in [3.8, 4) is 5.75 Å². The highest BCUT2D eigenvalue weighted by Gasteiger charge is 2.36. The van der Waals surface area contributed by atoms with Crippen LogP contribution in [0.1, 0.15) is 52.0 Å². The number of nitrogens with one attached hydrogen (secondary N) is 1. The summed E-state index contributed by atoms with van der Waals surface area (Å²) in [6.45, 7) is 8.47. The minimum absolute atomic E-state index is 0.241. The van der Waals surface area contributed by atoms with E-state index in [0.717, 1.165) is 25.3 Å². The molecule has 0 spiro atoms. The van der Waals surface area contributed by atoms with Crippen molar-refractivity contribution in [1.29, 1.82) is 0 Å². The number of aromatic nitrogens is 1. The Morgan fingerprint density at radius 2 is 2.26 bits per heavy atom. The second-order valence-corrected chi connectivity index (χ2v) is 5.82. The first-order valence-electron chi connectivity index (χ1n) is 7.49. The third-order valence-electron chi connectivity index (χ3n) is 4.12. The van der Waals surface area contributed by atoms with Crippen molar-refractivity contribution in [3.63, 3.8) is 0 Å². The van der Waals surface area contributed by atoms with Crippen LogP contribution in [-0.2, 0) is 5.41 Å². The Morgan fingerprint density at radius 3 is 3.00 bits per heavy atom. The zero-order chi connectivity index (χ0) is 13.7. The molecule has 1 aliphatic rings. The highest BCUT2D eigenvalue weighted by Crippen LogP contribution is 2.41. The van der Waals surface area contributed by atoms with Gasteiger partial charge in [-0.05, 0) is 49.3 Å². The van der Waals surface area contributed by atoms with E-state index < -0.39 is 0 Å². The number of ether oxygens (including phenoxy) is 1. The van der Waals surface area contributed by atoms with E-state index in [9.17, 15) is 0 Å². The van der Waals surface area contributed by atoms with E-state index in [1.165, 1.54) is 24.8 Å². The molecule has 0 radical (unpaired) electrons. The summed E-state index contributed by atoms with van der Waals surface area (Å²) >= 11 is 0. The molecule has 1 N–H and O–H groups in total. The molecule has 19 heavy (non-hydrogen) atoms. The minimum atomic E-state index is 0.241. The van der Waals surface area contributed by atoms with Crippen molar-refractivity contribution in [1.82, 2.24) is 10.3 Å². The van der Waals surface area contributed by atoms with Crippen LogP contribution in [0.5, 0.6) is 5.75 Å². The molecule has 1 saturated carbocycles. The molecule has 0 aromatic carbocycles. The van der Waals surface area contributed by atoms with Gasteiger partial charge in [0.15, 0.2) is 0 Å². The largest absolute Gasteiger partial charge is 0.492 e. The molecule has 0 aliphatic heterocycles. The Labute approximate surface area is 116 Å². The molecule has 1 fully saturated rings. The monoisotopic (exact) mass is 262 g/mol. The Bertz CT molecular complexity index is 407. The Kier molecular flexibility index (Phi) is 4.81. The summed E-state index contributed by atoms with van der Waals surface area (Å²) in [5.74, 6) is 0.910. The second-order valence-electron chi connectivity index (χ2n) is 5.82. The first kappa shape index (κ1) is 14.3. The maximum atomic E-state index is 5.70. The summed E-state index contributed by atoms with van der Waals surface area (Å²) in [6, 6.07) is 2.83. The summed E-state index contributed by atoms with van der Waals surface area (Å²) in [5.41, 5.74) is 1.56. The van der Waals surface area contributed by atoms with Crippen LogP contribution in [-0.4, -0.2) is 24.2 Å². The molecule has 1 aromatic heterocycles. The van der Waals surface area contributed by atoms with E-state index in [1.807, 2.05) is 12.4 Å². The molecule has 106 valence electrons. The van der Waals surface area contributed by atoms with Crippen molar-refractivity contribution in [2.75, 3.05) is 13.2 Å². The predicted molar refractivity (Wildman–Crippen MR) is 78.7 cm³/mol. The number of hydrogen-bond donors (Lipinski definition) is 1. The topological polar surface area (TPSA) is 34.1 Å². The van der Waals surface area contributed by atoms with Gasteiger partial charge in [-0.2, -0.15) is 0 Å². The Morgan fingerprint density at radius 1 is 1.42 bits per heavy atom.